The Hall–Kier alpha value is -3.12. The van der Waals surface area contributed by atoms with Gasteiger partial charge in [0.2, 0.25) is 11.8 Å². The highest BCUT2D eigenvalue weighted by molar-refractivity contribution is 7.19. The molecule has 2 amide bonds. The van der Waals surface area contributed by atoms with Gasteiger partial charge in [0.25, 0.3) is 0 Å². The number of aromatic amines is 1. The third-order valence-corrected chi connectivity index (χ3v) is 7.91. The first-order chi connectivity index (χ1) is 14.5. The molecule has 2 aromatic heterocycles. The number of nitrogens with zero attached hydrogens (tertiary/aromatic N) is 2. The number of piperazine rings is 1. The Kier molecular flexibility index (Phi) is 3.65. The van der Waals surface area contributed by atoms with Crippen LogP contribution in [-0.2, 0) is 16.0 Å². The minimum atomic E-state index is -0.461. The van der Waals surface area contributed by atoms with E-state index in [2.05, 4.69) is 42.2 Å². The maximum Gasteiger partial charge on any atom is 0.245 e. The second kappa shape index (κ2) is 6.19. The molecule has 2 atom stereocenters. The number of aryl methyl sites for hydroxylation is 1. The summed E-state index contributed by atoms with van der Waals surface area (Å²) in [5.74, 6) is 0.0301. The number of para-hydroxylation sites is 1. The van der Waals surface area contributed by atoms with E-state index in [0.717, 1.165) is 27.0 Å². The lowest BCUT2D eigenvalue weighted by atomic mass is 9.88. The van der Waals surface area contributed by atoms with Crippen LogP contribution in [0.5, 0.6) is 0 Å². The van der Waals surface area contributed by atoms with Crippen LogP contribution in [0.15, 0.2) is 48.5 Å². The van der Waals surface area contributed by atoms with Crippen molar-refractivity contribution >= 4 is 44.1 Å². The van der Waals surface area contributed by atoms with Crippen LogP contribution in [0.1, 0.15) is 27.7 Å². The molecular weight excluding hydrogens is 394 g/mol. The summed E-state index contributed by atoms with van der Waals surface area (Å²) in [4.78, 5) is 34.5. The number of H-pyrrole nitrogens is 1. The molecule has 0 spiro atoms. The number of fused-ring (bicyclic) bond motifs is 5. The molecule has 6 rings (SSSR count). The Balaban J connectivity index is 1.65. The maximum atomic E-state index is 13.2. The molecular formula is C24H21N3O2S. The zero-order valence-electron chi connectivity index (χ0n) is 16.8. The highest BCUT2D eigenvalue weighted by atomic mass is 32.1. The third kappa shape index (κ3) is 2.28. The van der Waals surface area contributed by atoms with Gasteiger partial charge in [0.05, 0.1) is 6.54 Å². The predicted molar refractivity (Wildman–Crippen MR) is 119 cm³/mol. The van der Waals surface area contributed by atoms with Gasteiger partial charge in [-0.05, 0) is 35.6 Å². The zero-order chi connectivity index (χ0) is 20.6. The topological polar surface area (TPSA) is 56.4 Å². The first-order valence-electron chi connectivity index (χ1n) is 10.2. The highest BCUT2D eigenvalue weighted by Crippen LogP contribution is 2.47. The fraction of sp³-hybridized carbons (Fsp3) is 0.250. The SMILES string of the molecule is Cc1c([C@@H]2c3[nH]c4ccccc4c3C[C@H]3C(=O)N(C)CC(=O)N23)sc2ccccc12. The Labute approximate surface area is 177 Å². The number of aromatic nitrogens is 1. The fourth-order valence-electron chi connectivity index (χ4n) is 5.14. The number of rotatable bonds is 1. The molecule has 2 aromatic carbocycles. The summed E-state index contributed by atoms with van der Waals surface area (Å²) in [5.41, 5.74) is 4.45. The highest BCUT2D eigenvalue weighted by Gasteiger charge is 2.48. The van der Waals surface area contributed by atoms with Crippen molar-refractivity contribution < 1.29 is 9.59 Å². The first kappa shape index (κ1) is 17.7. The zero-order valence-corrected chi connectivity index (χ0v) is 17.6. The number of nitrogens with one attached hydrogen (secondary N) is 1. The van der Waals surface area contributed by atoms with E-state index >= 15 is 0 Å². The van der Waals surface area contributed by atoms with Gasteiger partial charge in [-0.15, -0.1) is 11.3 Å². The predicted octanol–water partition coefficient (Wildman–Crippen LogP) is 4.01. The standard InChI is InChI=1S/C24H21N3O2S/c1-13-14-7-4-6-10-19(14)30-23(13)22-21-16(15-8-3-5-9-17(15)25-21)11-18-24(29)26(2)12-20(28)27(18)22/h3-10,18,22,25H,11-12H2,1-2H3/t18-,22-/m0/s1. The lowest BCUT2D eigenvalue weighted by Crippen LogP contribution is -2.62. The quantitative estimate of drug-likeness (QED) is 0.511. The van der Waals surface area contributed by atoms with Gasteiger partial charge in [0, 0.05) is 39.6 Å². The first-order valence-corrected chi connectivity index (χ1v) is 11.0. The molecule has 2 aliphatic rings. The van der Waals surface area contributed by atoms with Crippen LogP contribution in [0.25, 0.3) is 21.0 Å². The van der Waals surface area contributed by atoms with E-state index < -0.39 is 6.04 Å². The van der Waals surface area contributed by atoms with E-state index in [1.807, 2.05) is 23.1 Å². The normalized spacial score (nSPS) is 21.4. The van der Waals surface area contributed by atoms with Gasteiger partial charge in [-0.2, -0.15) is 0 Å². The molecule has 30 heavy (non-hydrogen) atoms. The van der Waals surface area contributed by atoms with Gasteiger partial charge in [-0.1, -0.05) is 36.4 Å². The van der Waals surface area contributed by atoms with Crippen molar-refractivity contribution in [2.45, 2.75) is 25.4 Å². The summed E-state index contributed by atoms with van der Waals surface area (Å²) in [6, 6.07) is 15.8. The Morgan fingerprint density at radius 2 is 1.77 bits per heavy atom. The van der Waals surface area contributed by atoms with E-state index in [1.165, 1.54) is 15.6 Å². The molecule has 1 saturated heterocycles. The van der Waals surface area contributed by atoms with E-state index in [9.17, 15) is 9.59 Å². The van der Waals surface area contributed by atoms with E-state index in [0.29, 0.717) is 6.42 Å². The molecule has 0 aliphatic carbocycles. The van der Waals surface area contributed by atoms with Crippen LogP contribution in [0.4, 0.5) is 0 Å². The minimum absolute atomic E-state index is 0.00765. The van der Waals surface area contributed by atoms with Gasteiger partial charge in [-0.25, -0.2) is 0 Å². The molecule has 1 N–H and O–H groups in total. The molecule has 0 unspecified atom stereocenters. The summed E-state index contributed by atoms with van der Waals surface area (Å²) in [5, 5.41) is 2.36. The van der Waals surface area contributed by atoms with Crippen molar-refractivity contribution in [3.8, 4) is 0 Å². The van der Waals surface area contributed by atoms with Crippen molar-refractivity contribution in [3.05, 3.63) is 70.2 Å². The fourth-order valence-corrected chi connectivity index (χ4v) is 6.46. The van der Waals surface area contributed by atoms with Gasteiger partial charge in [0.1, 0.15) is 12.1 Å². The Morgan fingerprint density at radius 1 is 1.03 bits per heavy atom. The molecule has 0 saturated carbocycles. The van der Waals surface area contributed by atoms with Gasteiger partial charge in [0.15, 0.2) is 0 Å². The molecule has 4 aromatic rings. The van der Waals surface area contributed by atoms with Crippen molar-refractivity contribution in [1.29, 1.82) is 0 Å². The summed E-state index contributed by atoms with van der Waals surface area (Å²) in [6.45, 7) is 2.26. The lowest BCUT2D eigenvalue weighted by Gasteiger charge is -2.46. The van der Waals surface area contributed by atoms with Gasteiger partial charge >= 0.3 is 0 Å². The van der Waals surface area contributed by atoms with E-state index in [-0.39, 0.29) is 24.4 Å². The van der Waals surface area contributed by atoms with Crippen LogP contribution in [0.3, 0.4) is 0 Å². The van der Waals surface area contributed by atoms with Crippen LogP contribution < -0.4 is 0 Å². The summed E-state index contributed by atoms with van der Waals surface area (Å²) in [6.07, 6.45) is 0.550. The molecule has 4 heterocycles. The van der Waals surface area contributed by atoms with Crippen molar-refractivity contribution in [2.75, 3.05) is 13.6 Å². The number of likely N-dealkylation sites (N-methyl/N-ethyl adjacent to an activating group) is 1. The van der Waals surface area contributed by atoms with E-state index in [4.69, 9.17) is 0 Å². The number of amides is 2. The summed E-state index contributed by atoms with van der Waals surface area (Å²) >= 11 is 1.72. The number of thiophene rings is 1. The molecule has 150 valence electrons. The molecule has 6 heteroatoms. The number of hydrogen-bond acceptors (Lipinski definition) is 3. The minimum Gasteiger partial charge on any atom is -0.356 e. The van der Waals surface area contributed by atoms with E-state index in [1.54, 1.807) is 23.3 Å². The number of hydrogen-bond donors (Lipinski definition) is 1. The van der Waals surface area contributed by atoms with Crippen LogP contribution >= 0.6 is 11.3 Å². The van der Waals surface area contributed by atoms with Crippen LogP contribution in [0, 0.1) is 6.92 Å². The Bertz CT molecular complexity index is 1350. The number of benzene rings is 2. The average molecular weight is 416 g/mol. The molecule has 0 radical (unpaired) electrons. The third-order valence-electron chi connectivity index (χ3n) is 6.58. The average Bonchev–Trinajstić information content (AvgIpc) is 3.29. The van der Waals surface area contributed by atoms with Crippen LogP contribution in [0.2, 0.25) is 0 Å². The number of carbonyl (C=O) groups is 2. The second-order valence-electron chi connectivity index (χ2n) is 8.27. The summed E-state index contributed by atoms with van der Waals surface area (Å²) < 4.78 is 1.21. The number of carbonyl (C=O) groups excluding carboxylic acids is 2. The summed E-state index contributed by atoms with van der Waals surface area (Å²) in [7, 11) is 1.72. The van der Waals surface area contributed by atoms with Crippen molar-refractivity contribution in [1.82, 2.24) is 14.8 Å². The smallest absolute Gasteiger partial charge is 0.245 e. The maximum absolute atomic E-state index is 13.2. The van der Waals surface area contributed by atoms with Gasteiger partial charge in [-0.3, -0.25) is 9.59 Å². The van der Waals surface area contributed by atoms with Crippen molar-refractivity contribution in [2.24, 2.45) is 0 Å². The lowest BCUT2D eigenvalue weighted by molar-refractivity contribution is -0.157. The second-order valence-corrected chi connectivity index (χ2v) is 9.35. The Morgan fingerprint density at radius 3 is 2.57 bits per heavy atom. The largest absolute Gasteiger partial charge is 0.356 e. The molecule has 2 aliphatic heterocycles. The van der Waals surface area contributed by atoms with Crippen molar-refractivity contribution in [3.63, 3.8) is 0 Å². The molecule has 5 nitrogen and oxygen atoms in total. The van der Waals surface area contributed by atoms with Gasteiger partial charge < -0.3 is 14.8 Å². The monoisotopic (exact) mass is 415 g/mol. The van der Waals surface area contributed by atoms with Crippen LogP contribution in [-0.4, -0.2) is 46.2 Å². The molecule has 0 bridgehead atoms. The molecule has 1 fully saturated rings.